The molecule has 2 aromatic rings. The average molecular weight is 250 g/mol. The lowest BCUT2D eigenvalue weighted by molar-refractivity contribution is 0.0950. The van der Waals surface area contributed by atoms with Crippen molar-refractivity contribution in [2.24, 2.45) is 0 Å². The number of nitrogens with one attached hydrogen (secondary N) is 1. The predicted octanol–water partition coefficient (Wildman–Crippen LogP) is 1.48. The third kappa shape index (κ3) is 2.73. The first-order valence-electron chi connectivity index (χ1n) is 4.84. The minimum absolute atomic E-state index is 0.249. The molecule has 88 valence electrons. The highest BCUT2D eigenvalue weighted by Gasteiger charge is 2.08. The van der Waals surface area contributed by atoms with Gasteiger partial charge in [0.25, 0.3) is 5.91 Å². The van der Waals surface area contributed by atoms with Crippen LogP contribution in [0.4, 0.5) is 0 Å². The maximum atomic E-state index is 11.7. The lowest BCUT2D eigenvalue weighted by Crippen LogP contribution is -2.22. The van der Waals surface area contributed by atoms with Gasteiger partial charge in [-0.2, -0.15) is 0 Å². The first-order chi connectivity index (χ1) is 8.16. The van der Waals surface area contributed by atoms with Crippen molar-refractivity contribution in [3.05, 3.63) is 40.3 Å². The molecule has 1 heterocycles. The van der Waals surface area contributed by atoms with Crippen LogP contribution in [0.5, 0.6) is 11.5 Å². The molecule has 2 rings (SSSR count). The van der Waals surface area contributed by atoms with Gasteiger partial charge in [-0.3, -0.25) is 4.79 Å². The van der Waals surface area contributed by atoms with Crippen molar-refractivity contribution in [3.63, 3.8) is 0 Å². The van der Waals surface area contributed by atoms with Gasteiger partial charge in [-0.25, -0.2) is 4.98 Å². The fourth-order valence-electron chi connectivity index (χ4n) is 1.26. The number of nitrogens with zero attached hydrogens (tertiary/aromatic N) is 1. The van der Waals surface area contributed by atoms with Gasteiger partial charge in [0, 0.05) is 10.9 Å². The Morgan fingerprint density at radius 1 is 1.35 bits per heavy atom. The second kappa shape index (κ2) is 4.84. The Kier molecular flexibility index (Phi) is 3.24. The fraction of sp³-hybridized carbons (Fsp3) is 0.0909. The van der Waals surface area contributed by atoms with Gasteiger partial charge in [0.1, 0.15) is 0 Å². The standard InChI is InChI=1S/C11H10N2O3S/c14-9-2-1-7(3-10(9)15)11(16)12-4-8-5-17-6-13-8/h1-3,5-6,14-15H,4H2,(H,12,16). The minimum Gasteiger partial charge on any atom is -0.504 e. The summed E-state index contributed by atoms with van der Waals surface area (Å²) in [4.78, 5) is 15.7. The Morgan fingerprint density at radius 3 is 2.82 bits per heavy atom. The van der Waals surface area contributed by atoms with Crippen LogP contribution in [0, 0.1) is 0 Å². The summed E-state index contributed by atoms with van der Waals surface area (Å²) in [7, 11) is 0. The van der Waals surface area contributed by atoms with Crippen LogP contribution in [0.3, 0.4) is 0 Å². The van der Waals surface area contributed by atoms with Gasteiger partial charge in [-0.15, -0.1) is 11.3 Å². The number of carbonyl (C=O) groups excluding carboxylic acids is 1. The molecule has 1 aromatic heterocycles. The molecule has 0 atom stereocenters. The molecule has 0 saturated carbocycles. The first kappa shape index (κ1) is 11.4. The van der Waals surface area contributed by atoms with E-state index in [9.17, 15) is 9.90 Å². The van der Waals surface area contributed by atoms with E-state index in [2.05, 4.69) is 10.3 Å². The quantitative estimate of drug-likeness (QED) is 0.721. The zero-order valence-corrected chi connectivity index (χ0v) is 9.57. The van der Waals surface area contributed by atoms with Crippen LogP contribution in [0.25, 0.3) is 0 Å². The Morgan fingerprint density at radius 2 is 2.18 bits per heavy atom. The molecule has 0 aliphatic carbocycles. The summed E-state index contributed by atoms with van der Waals surface area (Å²) in [5, 5.41) is 22.9. The van der Waals surface area contributed by atoms with Gasteiger partial charge in [0.2, 0.25) is 0 Å². The summed E-state index contributed by atoms with van der Waals surface area (Å²) >= 11 is 1.46. The Hall–Kier alpha value is -2.08. The molecule has 0 spiro atoms. The number of rotatable bonds is 3. The lowest BCUT2D eigenvalue weighted by atomic mass is 10.2. The van der Waals surface area contributed by atoms with Gasteiger partial charge < -0.3 is 15.5 Å². The summed E-state index contributed by atoms with van der Waals surface area (Å²) < 4.78 is 0. The summed E-state index contributed by atoms with van der Waals surface area (Å²) in [6, 6.07) is 3.92. The van der Waals surface area contributed by atoms with E-state index >= 15 is 0 Å². The first-order valence-corrected chi connectivity index (χ1v) is 5.78. The topological polar surface area (TPSA) is 82.5 Å². The number of hydrogen-bond acceptors (Lipinski definition) is 5. The number of amides is 1. The lowest BCUT2D eigenvalue weighted by Gasteiger charge is -2.04. The van der Waals surface area contributed by atoms with E-state index in [4.69, 9.17) is 5.11 Å². The monoisotopic (exact) mass is 250 g/mol. The van der Waals surface area contributed by atoms with Crippen LogP contribution in [0.2, 0.25) is 0 Å². The fourth-order valence-corrected chi connectivity index (χ4v) is 1.82. The molecule has 0 unspecified atom stereocenters. The molecule has 0 saturated heterocycles. The van der Waals surface area contributed by atoms with E-state index in [1.165, 1.54) is 29.5 Å². The van der Waals surface area contributed by atoms with E-state index in [1.54, 1.807) is 5.51 Å². The minimum atomic E-state index is -0.326. The van der Waals surface area contributed by atoms with E-state index in [0.29, 0.717) is 6.54 Å². The maximum Gasteiger partial charge on any atom is 0.251 e. The smallest absolute Gasteiger partial charge is 0.251 e. The number of carbonyl (C=O) groups is 1. The number of thiazole rings is 1. The van der Waals surface area contributed by atoms with Gasteiger partial charge in [0.15, 0.2) is 11.5 Å². The van der Waals surface area contributed by atoms with E-state index < -0.39 is 0 Å². The summed E-state index contributed by atoms with van der Waals surface area (Å²) in [5.74, 6) is -0.888. The summed E-state index contributed by atoms with van der Waals surface area (Å²) in [6.45, 7) is 0.337. The molecule has 1 aromatic carbocycles. The van der Waals surface area contributed by atoms with Crippen molar-refractivity contribution < 1.29 is 15.0 Å². The SMILES string of the molecule is O=C(NCc1cscn1)c1ccc(O)c(O)c1. The number of phenols is 2. The van der Waals surface area contributed by atoms with E-state index in [-0.39, 0.29) is 23.0 Å². The number of benzene rings is 1. The summed E-state index contributed by atoms with van der Waals surface area (Å²) in [6.07, 6.45) is 0. The van der Waals surface area contributed by atoms with Crippen molar-refractivity contribution in [3.8, 4) is 11.5 Å². The van der Waals surface area contributed by atoms with Gasteiger partial charge >= 0.3 is 0 Å². The second-order valence-electron chi connectivity index (χ2n) is 3.37. The van der Waals surface area contributed by atoms with Crippen molar-refractivity contribution in [1.29, 1.82) is 0 Å². The van der Waals surface area contributed by atoms with Crippen LogP contribution in [0.15, 0.2) is 29.1 Å². The van der Waals surface area contributed by atoms with Crippen molar-refractivity contribution in [2.75, 3.05) is 0 Å². The predicted molar refractivity (Wildman–Crippen MR) is 63.1 cm³/mol. The van der Waals surface area contributed by atoms with Crippen molar-refractivity contribution >= 4 is 17.2 Å². The highest BCUT2D eigenvalue weighted by atomic mass is 32.1. The van der Waals surface area contributed by atoms with Crippen LogP contribution in [-0.2, 0) is 6.54 Å². The maximum absolute atomic E-state index is 11.7. The van der Waals surface area contributed by atoms with Crippen LogP contribution < -0.4 is 5.32 Å². The Bertz CT molecular complexity index is 526. The molecule has 0 radical (unpaired) electrons. The normalized spacial score (nSPS) is 10.1. The van der Waals surface area contributed by atoms with E-state index in [1.807, 2.05) is 5.38 Å². The molecule has 5 nitrogen and oxygen atoms in total. The molecule has 0 fully saturated rings. The van der Waals surface area contributed by atoms with Gasteiger partial charge in [-0.1, -0.05) is 0 Å². The molecule has 0 aliphatic rings. The Balaban J connectivity index is 2.02. The zero-order chi connectivity index (χ0) is 12.3. The molecular formula is C11H10N2O3S. The largest absolute Gasteiger partial charge is 0.504 e. The van der Waals surface area contributed by atoms with E-state index in [0.717, 1.165) is 5.69 Å². The second-order valence-corrected chi connectivity index (χ2v) is 4.08. The van der Waals surface area contributed by atoms with Gasteiger partial charge in [-0.05, 0) is 18.2 Å². The number of hydrogen-bond donors (Lipinski definition) is 3. The molecule has 17 heavy (non-hydrogen) atoms. The van der Waals surface area contributed by atoms with Gasteiger partial charge in [0.05, 0.1) is 17.7 Å². The average Bonchev–Trinajstić information content (AvgIpc) is 2.82. The van der Waals surface area contributed by atoms with Crippen molar-refractivity contribution in [1.82, 2.24) is 10.3 Å². The van der Waals surface area contributed by atoms with Crippen LogP contribution in [0.1, 0.15) is 16.1 Å². The molecule has 6 heteroatoms. The van der Waals surface area contributed by atoms with Crippen molar-refractivity contribution in [2.45, 2.75) is 6.54 Å². The summed E-state index contributed by atoms with van der Waals surface area (Å²) in [5.41, 5.74) is 2.76. The molecule has 3 N–H and O–H groups in total. The molecular weight excluding hydrogens is 240 g/mol. The number of aromatic hydroxyl groups is 2. The van der Waals surface area contributed by atoms with Crippen LogP contribution in [-0.4, -0.2) is 21.1 Å². The molecule has 1 amide bonds. The third-order valence-electron chi connectivity index (χ3n) is 2.15. The van der Waals surface area contributed by atoms with Crippen LogP contribution >= 0.6 is 11.3 Å². The molecule has 0 aliphatic heterocycles. The Labute approximate surface area is 101 Å². The molecule has 0 bridgehead atoms. The number of phenolic OH excluding ortho intramolecular Hbond substituents is 2. The third-order valence-corrected chi connectivity index (χ3v) is 2.79. The highest BCUT2D eigenvalue weighted by molar-refractivity contribution is 7.07. The zero-order valence-electron chi connectivity index (χ0n) is 8.75. The highest BCUT2D eigenvalue weighted by Crippen LogP contribution is 2.24. The number of aromatic nitrogens is 1.